The molecule has 1 aromatic carbocycles. The average Bonchev–Trinajstić information content (AvgIpc) is 3.22. The molecule has 3 rings (SSSR count). The number of hydrogen-bond donors (Lipinski definition) is 2. The maximum Gasteiger partial charge on any atom is 0.244 e. The van der Waals surface area contributed by atoms with E-state index >= 15 is 0 Å². The Balaban J connectivity index is 1.50. The molecule has 2 aromatic heterocycles. The van der Waals surface area contributed by atoms with E-state index < -0.39 is 10.0 Å². The van der Waals surface area contributed by atoms with E-state index in [-0.39, 0.29) is 17.2 Å². The highest BCUT2D eigenvalue weighted by atomic mass is 32.2. The Bertz CT molecular complexity index is 1110. The number of methoxy groups -OCH3 is 1. The largest absolute Gasteiger partial charge is 0.495 e. The Labute approximate surface area is 179 Å². The number of sulfonamides is 1. The van der Waals surface area contributed by atoms with Crippen molar-refractivity contribution in [3.63, 3.8) is 0 Å². The molecule has 2 N–H and O–H groups in total. The highest BCUT2D eigenvalue weighted by Gasteiger charge is 2.19. The first-order chi connectivity index (χ1) is 14.4. The van der Waals surface area contributed by atoms with Crippen LogP contribution in [0.15, 0.2) is 53.8 Å². The van der Waals surface area contributed by atoms with Crippen LogP contribution in [0.25, 0.3) is 0 Å². The second-order valence-electron chi connectivity index (χ2n) is 6.43. The number of rotatable bonds is 10. The van der Waals surface area contributed by atoms with Crippen LogP contribution in [0.5, 0.6) is 5.75 Å². The lowest BCUT2D eigenvalue weighted by atomic mass is 10.1. The minimum absolute atomic E-state index is 0.109. The molecule has 0 aliphatic carbocycles. The van der Waals surface area contributed by atoms with Gasteiger partial charge >= 0.3 is 0 Å². The molecule has 0 unspecified atom stereocenters. The number of ketones is 1. The van der Waals surface area contributed by atoms with Gasteiger partial charge in [-0.3, -0.25) is 9.78 Å². The number of thiazole rings is 1. The molecular weight excluding hydrogens is 424 g/mol. The van der Waals surface area contributed by atoms with E-state index in [1.165, 1.54) is 24.6 Å². The zero-order valence-electron chi connectivity index (χ0n) is 16.6. The van der Waals surface area contributed by atoms with Crippen molar-refractivity contribution < 1.29 is 17.9 Å². The molecule has 0 aliphatic heterocycles. The third kappa shape index (κ3) is 5.41. The van der Waals surface area contributed by atoms with Crippen LogP contribution in [0, 0.1) is 6.92 Å². The molecule has 0 radical (unpaired) electrons. The number of aryl methyl sites for hydroxylation is 1. The number of benzene rings is 1. The predicted octanol–water partition coefficient (Wildman–Crippen LogP) is 2.87. The first kappa shape index (κ1) is 21.9. The van der Waals surface area contributed by atoms with Crippen LogP contribution < -0.4 is 14.8 Å². The molecule has 0 aliphatic rings. The number of nitrogens with zero attached hydrogens (tertiary/aromatic N) is 2. The second-order valence-corrected chi connectivity index (χ2v) is 9.19. The summed E-state index contributed by atoms with van der Waals surface area (Å²) in [5.74, 6) is 0.197. The first-order valence-electron chi connectivity index (χ1n) is 9.19. The molecule has 10 heteroatoms. The molecule has 0 saturated carbocycles. The Morgan fingerprint density at radius 3 is 2.67 bits per heavy atom. The standard InChI is InChI=1S/C20H22N4O4S2/c1-14-4-5-16(28-2)18(12-14)30(26,27)24-9-3-8-22-20-23-13-17(29-20)19(25)15-6-10-21-11-7-15/h4-7,10-13,24H,3,8-9H2,1-2H3,(H,22,23). The van der Waals surface area contributed by atoms with Gasteiger partial charge in [-0.25, -0.2) is 18.1 Å². The third-order valence-corrected chi connectivity index (χ3v) is 6.64. The lowest BCUT2D eigenvalue weighted by Crippen LogP contribution is -2.26. The number of aromatic nitrogens is 2. The number of hydrogen-bond acceptors (Lipinski definition) is 8. The van der Waals surface area contributed by atoms with Gasteiger partial charge in [-0.15, -0.1) is 0 Å². The maximum atomic E-state index is 12.5. The third-order valence-electron chi connectivity index (χ3n) is 4.20. The smallest absolute Gasteiger partial charge is 0.244 e. The molecule has 8 nitrogen and oxygen atoms in total. The van der Waals surface area contributed by atoms with Crippen LogP contribution in [0.3, 0.4) is 0 Å². The Hall–Kier alpha value is -2.82. The fourth-order valence-corrected chi connectivity index (χ4v) is 4.80. The van der Waals surface area contributed by atoms with Gasteiger partial charge in [-0.05, 0) is 43.2 Å². The second kappa shape index (κ2) is 9.79. The molecule has 0 fully saturated rings. The van der Waals surface area contributed by atoms with Crippen molar-refractivity contribution in [3.05, 3.63) is 64.9 Å². The number of ether oxygens (including phenoxy) is 1. The van der Waals surface area contributed by atoms with Gasteiger partial charge < -0.3 is 10.1 Å². The molecule has 0 spiro atoms. The number of anilines is 1. The van der Waals surface area contributed by atoms with E-state index in [1.807, 2.05) is 6.92 Å². The summed E-state index contributed by atoms with van der Waals surface area (Å²) in [4.78, 5) is 21.1. The molecule has 0 amide bonds. The van der Waals surface area contributed by atoms with Gasteiger partial charge in [0, 0.05) is 31.0 Å². The van der Waals surface area contributed by atoms with E-state index in [2.05, 4.69) is 20.0 Å². The number of pyridine rings is 1. The summed E-state index contributed by atoms with van der Waals surface area (Å²) in [6.45, 7) is 2.58. The van der Waals surface area contributed by atoms with Crippen LogP contribution in [0.1, 0.15) is 27.2 Å². The lowest BCUT2D eigenvalue weighted by molar-refractivity contribution is 0.104. The summed E-state index contributed by atoms with van der Waals surface area (Å²) in [5, 5.41) is 3.72. The Kier molecular flexibility index (Phi) is 7.14. The normalized spacial score (nSPS) is 11.3. The number of carbonyl (C=O) groups excluding carboxylic acids is 1. The molecule has 30 heavy (non-hydrogen) atoms. The van der Waals surface area contributed by atoms with E-state index in [9.17, 15) is 13.2 Å². The highest BCUT2D eigenvalue weighted by Crippen LogP contribution is 2.24. The fourth-order valence-electron chi connectivity index (χ4n) is 2.67. The minimum atomic E-state index is -3.67. The molecular formula is C20H22N4O4S2. The summed E-state index contributed by atoms with van der Waals surface area (Å²) in [6, 6.07) is 8.33. The van der Waals surface area contributed by atoms with Gasteiger partial charge in [-0.2, -0.15) is 0 Å². The Morgan fingerprint density at radius 2 is 1.93 bits per heavy atom. The van der Waals surface area contributed by atoms with Crippen molar-refractivity contribution in [2.75, 3.05) is 25.5 Å². The zero-order valence-corrected chi connectivity index (χ0v) is 18.2. The fraction of sp³-hybridized carbons (Fsp3) is 0.250. The van der Waals surface area contributed by atoms with Crippen molar-refractivity contribution >= 4 is 32.3 Å². The maximum absolute atomic E-state index is 12.5. The average molecular weight is 447 g/mol. The quantitative estimate of drug-likeness (QED) is 0.364. The van der Waals surface area contributed by atoms with Gasteiger partial charge in [0.1, 0.15) is 10.6 Å². The van der Waals surface area contributed by atoms with E-state index in [0.29, 0.717) is 34.3 Å². The van der Waals surface area contributed by atoms with E-state index in [4.69, 9.17) is 4.74 Å². The monoisotopic (exact) mass is 446 g/mol. The summed E-state index contributed by atoms with van der Waals surface area (Å²) >= 11 is 1.26. The molecule has 3 aromatic rings. The minimum Gasteiger partial charge on any atom is -0.495 e. The molecule has 0 saturated heterocycles. The predicted molar refractivity (Wildman–Crippen MR) is 116 cm³/mol. The van der Waals surface area contributed by atoms with Gasteiger partial charge in [-0.1, -0.05) is 17.4 Å². The summed E-state index contributed by atoms with van der Waals surface area (Å²) in [6.07, 6.45) is 5.21. The van der Waals surface area contributed by atoms with E-state index in [0.717, 1.165) is 5.56 Å². The van der Waals surface area contributed by atoms with Crippen LogP contribution in [0.4, 0.5) is 5.13 Å². The SMILES string of the molecule is COc1ccc(C)cc1S(=O)(=O)NCCCNc1ncc(C(=O)c2ccncc2)s1. The first-order valence-corrected chi connectivity index (χ1v) is 11.5. The van der Waals surface area contributed by atoms with Gasteiger partial charge in [0.25, 0.3) is 0 Å². The van der Waals surface area contributed by atoms with Crippen LogP contribution >= 0.6 is 11.3 Å². The molecule has 158 valence electrons. The van der Waals surface area contributed by atoms with Crippen molar-refractivity contribution in [1.29, 1.82) is 0 Å². The number of nitrogens with one attached hydrogen (secondary N) is 2. The van der Waals surface area contributed by atoms with E-state index in [1.54, 1.807) is 42.7 Å². The van der Waals surface area contributed by atoms with Crippen molar-refractivity contribution in [3.8, 4) is 5.75 Å². The van der Waals surface area contributed by atoms with Crippen LogP contribution in [0.2, 0.25) is 0 Å². The molecule has 2 heterocycles. The topological polar surface area (TPSA) is 110 Å². The summed E-state index contributed by atoms with van der Waals surface area (Å²) < 4.78 is 32.8. The van der Waals surface area contributed by atoms with Gasteiger partial charge in [0.15, 0.2) is 5.13 Å². The Morgan fingerprint density at radius 1 is 1.17 bits per heavy atom. The van der Waals surface area contributed by atoms with Crippen LogP contribution in [-0.4, -0.2) is 44.4 Å². The van der Waals surface area contributed by atoms with Gasteiger partial charge in [0.05, 0.1) is 18.2 Å². The van der Waals surface area contributed by atoms with Crippen molar-refractivity contribution in [2.24, 2.45) is 0 Å². The zero-order chi connectivity index (χ0) is 21.6. The molecule has 0 bridgehead atoms. The summed E-state index contributed by atoms with van der Waals surface area (Å²) in [7, 11) is -2.23. The summed E-state index contributed by atoms with van der Waals surface area (Å²) in [5.41, 5.74) is 1.39. The molecule has 0 atom stereocenters. The van der Waals surface area contributed by atoms with Crippen molar-refractivity contribution in [1.82, 2.24) is 14.7 Å². The highest BCUT2D eigenvalue weighted by molar-refractivity contribution is 7.89. The lowest BCUT2D eigenvalue weighted by Gasteiger charge is -2.11. The van der Waals surface area contributed by atoms with Gasteiger partial charge in [0.2, 0.25) is 15.8 Å². The number of carbonyl (C=O) groups is 1. The van der Waals surface area contributed by atoms with Crippen LogP contribution in [-0.2, 0) is 10.0 Å². The van der Waals surface area contributed by atoms with Crippen molar-refractivity contribution in [2.45, 2.75) is 18.2 Å².